The average Bonchev–Trinajstić information content (AvgIpc) is 3.10. The summed E-state index contributed by atoms with van der Waals surface area (Å²) >= 11 is 0. The summed E-state index contributed by atoms with van der Waals surface area (Å²) in [6.45, 7) is 2.11. The van der Waals surface area contributed by atoms with Crippen LogP contribution in [0.1, 0.15) is 18.4 Å². The van der Waals surface area contributed by atoms with Crippen LogP contribution in [0.5, 0.6) is 0 Å². The Balaban J connectivity index is 1.99. The minimum atomic E-state index is -3.41. The van der Waals surface area contributed by atoms with E-state index < -0.39 is 15.9 Å². The zero-order valence-corrected chi connectivity index (χ0v) is 11.3. The third-order valence-corrected chi connectivity index (χ3v) is 5.01. The Morgan fingerprint density at radius 2 is 2.06 bits per heavy atom. The molecule has 0 bridgehead atoms. The molecule has 0 aromatic heterocycles. The topological polar surface area (TPSA) is 66.4 Å². The molecule has 4 nitrogen and oxygen atoms in total. The maximum Gasteiger partial charge on any atom is 0.181 e. The molecule has 5 heteroatoms. The molecule has 1 aromatic carbocycles. The molecule has 1 aliphatic rings. The Labute approximate surface area is 108 Å². The molecule has 2 N–H and O–H groups in total. The predicted octanol–water partition coefficient (Wildman–Crippen LogP) is 0.882. The number of rotatable bonds is 6. The van der Waals surface area contributed by atoms with Crippen molar-refractivity contribution < 1.29 is 13.5 Å². The van der Waals surface area contributed by atoms with Crippen LogP contribution in [0.15, 0.2) is 29.2 Å². The van der Waals surface area contributed by atoms with Gasteiger partial charge in [-0.05, 0) is 31.4 Å². The first-order valence-corrected chi connectivity index (χ1v) is 7.84. The van der Waals surface area contributed by atoms with Crippen LogP contribution in [-0.2, 0) is 9.84 Å². The standard InChI is InChI=1S/C13H19NO3S/c1-10-4-2-3-5-13(10)18(16,17)9-12(15)8-14-11-6-7-11/h2-5,11-12,14-15H,6-9H2,1H3. The highest BCUT2D eigenvalue weighted by Gasteiger charge is 2.24. The molecule has 1 atom stereocenters. The van der Waals surface area contributed by atoms with E-state index in [0.29, 0.717) is 17.5 Å². The first kappa shape index (κ1) is 13.5. The predicted molar refractivity (Wildman–Crippen MR) is 70.3 cm³/mol. The molecular formula is C13H19NO3S. The minimum Gasteiger partial charge on any atom is -0.391 e. The van der Waals surface area contributed by atoms with Gasteiger partial charge in [-0.1, -0.05) is 18.2 Å². The van der Waals surface area contributed by atoms with E-state index in [9.17, 15) is 13.5 Å². The Morgan fingerprint density at radius 3 is 2.67 bits per heavy atom. The van der Waals surface area contributed by atoms with Gasteiger partial charge < -0.3 is 10.4 Å². The zero-order valence-electron chi connectivity index (χ0n) is 10.5. The van der Waals surface area contributed by atoms with Gasteiger partial charge in [-0.25, -0.2) is 8.42 Å². The zero-order chi connectivity index (χ0) is 13.2. The molecule has 2 rings (SSSR count). The minimum absolute atomic E-state index is 0.225. The first-order chi connectivity index (χ1) is 8.49. The van der Waals surface area contributed by atoms with Gasteiger partial charge in [0.1, 0.15) is 0 Å². The number of hydrogen-bond donors (Lipinski definition) is 2. The molecular weight excluding hydrogens is 250 g/mol. The number of aliphatic hydroxyl groups excluding tert-OH is 1. The van der Waals surface area contributed by atoms with Crippen LogP contribution in [0.25, 0.3) is 0 Å². The molecule has 1 aromatic rings. The summed E-state index contributed by atoms with van der Waals surface area (Å²) in [6.07, 6.45) is 1.39. The van der Waals surface area contributed by atoms with E-state index in [0.717, 1.165) is 18.4 Å². The van der Waals surface area contributed by atoms with Crippen molar-refractivity contribution in [3.05, 3.63) is 29.8 Å². The largest absolute Gasteiger partial charge is 0.391 e. The van der Waals surface area contributed by atoms with Crippen LogP contribution in [-0.4, -0.2) is 38.0 Å². The number of hydrogen-bond acceptors (Lipinski definition) is 4. The number of sulfone groups is 1. The fraction of sp³-hybridized carbons (Fsp3) is 0.538. The molecule has 0 heterocycles. The molecule has 0 radical (unpaired) electrons. The van der Waals surface area contributed by atoms with E-state index >= 15 is 0 Å². The smallest absolute Gasteiger partial charge is 0.181 e. The van der Waals surface area contributed by atoms with E-state index in [2.05, 4.69) is 5.32 Å². The van der Waals surface area contributed by atoms with Gasteiger partial charge in [-0.15, -0.1) is 0 Å². The Bertz CT molecular complexity index is 509. The highest BCUT2D eigenvalue weighted by atomic mass is 32.2. The fourth-order valence-corrected chi connectivity index (χ4v) is 3.55. The van der Waals surface area contributed by atoms with Crippen LogP contribution >= 0.6 is 0 Å². The molecule has 1 aliphatic carbocycles. The van der Waals surface area contributed by atoms with Crippen molar-refractivity contribution >= 4 is 9.84 Å². The van der Waals surface area contributed by atoms with Gasteiger partial charge in [-0.2, -0.15) is 0 Å². The monoisotopic (exact) mass is 269 g/mol. The van der Waals surface area contributed by atoms with Crippen molar-refractivity contribution in [3.63, 3.8) is 0 Å². The summed E-state index contributed by atoms with van der Waals surface area (Å²) in [7, 11) is -3.41. The number of aliphatic hydroxyl groups is 1. The molecule has 0 amide bonds. The molecule has 1 unspecified atom stereocenters. The number of benzene rings is 1. The van der Waals surface area contributed by atoms with E-state index in [-0.39, 0.29) is 5.75 Å². The normalized spacial score (nSPS) is 17.7. The van der Waals surface area contributed by atoms with E-state index in [1.165, 1.54) is 0 Å². The lowest BCUT2D eigenvalue weighted by molar-refractivity contribution is 0.193. The van der Waals surface area contributed by atoms with E-state index in [1.807, 2.05) is 0 Å². The summed E-state index contributed by atoms with van der Waals surface area (Å²) in [5.74, 6) is -0.225. The SMILES string of the molecule is Cc1ccccc1S(=O)(=O)CC(O)CNC1CC1. The van der Waals surface area contributed by atoms with Crippen LogP contribution in [0.2, 0.25) is 0 Å². The summed E-state index contributed by atoms with van der Waals surface area (Å²) in [4.78, 5) is 0.315. The maximum absolute atomic E-state index is 12.1. The maximum atomic E-state index is 12.1. The van der Waals surface area contributed by atoms with Crippen molar-refractivity contribution in [2.75, 3.05) is 12.3 Å². The molecule has 0 spiro atoms. The van der Waals surface area contributed by atoms with Gasteiger partial charge in [-0.3, -0.25) is 0 Å². The van der Waals surface area contributed by atoms with Crippen molar-refractivity contribution in [3.8, 4) is 0 Å². The molecule has 0 aliphatic heterocycles. The van der Waals surface area contributed by atoms with Gasteiger partial charge in [0.25, 0.3) is 0 Å². The second-order valence-electron chi connectivity index (χ2n) is 4.88. The fourth-order valence-electron chi connectivity index (χ4n) is 1.90. The summed E-state index contributed by atoms with van der Waals surface area (Å²) in [5.41, 5.74) is 0.722. The van der Waals surface area contributed by atoms with Crippen LogP contribution in [0.4, 0.5) is 0 Å². The lowest BCUT2D eigenvalue weighted by atomic mass is 10.2. The molecule has 100 valence electrons. The van der Waals surface area contributed by atoms with Gasteiger partial charge in [0.05, 0.1) is 16.8 Å². The van der Waals surface area contributed by atoms with Gasteiger partial charge in [0, 0.05) is 12.6 Å². The number of aryl methyl sites for hydroxylation is 1. The van der Waals surface area contributed by atoms with Crippen molar-refractivity contribution in [1.82, 2.24) is 5.32 Å². The Kier molecular flexibility index (Phi) is 4.04. The van der Waals surface area contributed by atoms with Crippen molar-refractivity contribution in [1.29, 1.82) is 0 Å². The van der Waals surface area contributed by atoms with Gasteiger partial charge in [0.15, 0.2) is 9.84 Å². The second-order valence-corrected chi connectivity index (χ2v) is 6.89. The molecule has 1 saturated carbocycles. The highest BCUT2D eigenvalue weighted by molar-refractivity contribution is 7.91. The van der Waals surface area contributed by atoms with Crippen LogP contribution in [0, 0.1) is 6.92 Å². The first-order valence-electron chi connectivity index (χ1n) is 6.19. The summed E-state index contributed by atoms with van der Waals surface area (Å²) in [6, 6.07) is 7.34. The third-order valence-electron chi connectivity index (χ3n) is 3.06. The quantitative estimate of drug-likeness (QED) is 0.804. The van der Waals surface area contributed by atoms with Gasteiger partial charge >= 0.3 is 0 Å². The summed E-state index contributed by atoms with van der Waals surface area (Å²) < 4.78 is 24.3. The lowest BCUT2D eigenvalue weighted by Crippen LogP contribution is -2.33. The van der Waals surface area contributed by atoms with Crippen molar-refractivity contribution in [2.45, 2.75) is 36.8 Å². The van der Waals surface area contributed by atoms with Crippen molar-refractivity contribution in [2.24, 2.45) is 0 Å². The Morgan fingerprint density at radius 1 is 1.39 bits per heavy atom. The van der Waals surface area contributed by atoms with E-state index in [1.54, 1.807) is 31.2 Å². The van der Waals surface area contributed by atoms with Crippen LogP contribution < -0.4 is 5.32 Å². The number of nitrogens with one attached hydrogen (secondary N) is 1. The third kappa shape index (κ3) is 3.54. The summed E-state index contributed by atoms with van der Waals surface area (Å²) in [5, 5.41) is 12.9. The molecule has 0 saturated heterocycles. The lowest BCUT2D eigenvalue weighted by Gasteiger charge is -2.13. The van der Waals surface area contributed by atoms with Crippen LogP contribution in [0.3, 0.4) is 0 Å². The average molecular weight is 269 g/mol. The molecule has 1 fully saturated rings. The van der Waals surface area contributed by atoms with E-state index in [4.69, 9.17) is 0 Å². The molecule has 18 heavy (non-hydrogen) atoms. The second kappa shape index (κ2) is 5.38. The van der Waals surface area contributed by atoms with Gasteiger partial charge in [0.2, 0.25) is 0 Å². The Hall–Kier alpha value is -0.910. The highest BCUT2D eigenvalue weighted by Crippen LogP contribution is 2.19.